The van der Waals surface area contributed by atoms with Crippen molar-refractivity contribution in [3.8, 4) is 0 Å². The number of aromatic nitrogens is 2. The summed E-state index contributed by atoms with van der Waals surface area (Å²) in [5.41, 5.74) is 1.05. The molecule has 1 N–H and O–H groups in total. The van der Waals surface area contributed by atoms with E-state index in [0.717, 1.165) is 5.56 Å². The van der Waals surface area contributed by atoms with Crippen molar-refractivity contribution >= 4 is 5.91 Å². The first-order valence-corrected chi connectivity index (χ1v) is 5.11. The van der Waals surface area contributed by atoms with Gasteiger partial charge in [-0.1, -0.05) is 0 Å². The van der Waals surface area contributed by atoms with Crippen molar-refractivity contribution in [2.45, 2.75) is 13.1 Å². The summed E-state index contributed by atoms with van der Waals surface area (Å²) < 4.78 is 1.84. The zero-order chi connectivity index (χ0) is 11.2. The Morgan fingerprint density at radius 1 is 1.25 bits per heavy atom. The average molecular weight is 215 g/mol. The Morgan fingerprint density at radius 2 is 1.94 bits per heavy atom. The first kappa shape index (κ1) is 10.4. The molecule has 0 aromatic carbocycles. The number of carbonyl (C=O) groups is 1. The maximum Gasteiger partial charge on any atom is 0.240 e. The van der Waals surface area contributed by atoms with Gasteiger partial charge in [-0.15, -0.1) is 0 Å². The van der Waals surface area contributed by atoms with Crippen LogP contribution in [0.5, 0.6) is 0 Å². The number of hydrogen-bond acceptors (Lipinski definition) is 2. The third kappa shape index (κ3) is 2.95. The van der Waals surface area contributed by atoms with Crippen LogP contribution in [0.25, 0.3) is 0 Å². The van der Waals surface area contributed by atoms with E-state index in [-0.39, 0.29) is 5.91 Å². The Hall–Kier alpha value is -2.10. The molecule has 0 saturated heterocycles. The standard InChI is InChI=1S/C12H13N3O/c16-12(10-15-7-1-2-8-15)14-9-11-3-5-13-6-4-11/h1-8H,9-10H2,(H,14,16). The van der Waals surface area contributed by atoms with Crippen LogP contribution in [-0.4, -0.2) is 15.5 Å². The number of nitrogens with zero attached hydrogens (tertiary/aromatic N) is 2. The number of rotatable bonds is 4. The van der Waals surface area contributed by atoms with Gasteiger partial charge in [0.15, 0.2) is 0 Å². The van der Waals surface area contributed by atoms with Crippen LogP contribution >= 0.6 is 0 Å². The van der Waals surface area contributed by atoms with Crippen LogP contribution in [0, 0.1) is 0 Å². The molecule has 2 heterocycles. The highest BCUT2D eigenvalue weighted by atomic mass is 16.1. The van der Waals surface area contributed by atoms with E-state index in [2.05, 4.69) is 10.3 Å². The van der Waals surface area contributed by atoms with Crippen molar-refractivity contribution in [3.05, 3.63) is 54.6 Å². The smallest absolute Gasteiger partial charge is 0.240 e. The summed E-state index contributed by atoms with van der Waals surface area (Å²) in [6.45, 7) is 0.903. The fraction of sp³-hybridized carbons (Fsp3) is 0.167. The molecule has 2 aromatic heterocycles. The van der Waals surface area contributed by atoms with Crippen LogP contribution < -0.4 is 5.32 Å². The summed E-state index contributed by atoms with van der Waals surface area (Å²) in [4.78, 5) is 15.5. The molecule has 0 spiro atoms. The first-order chi connectivity index (χ1) is 7.84. The van der Waals surface area contributed by atoms with Gasteiger partial charge in [0, 0.05) is 31.3 Å². The number of nitrogens with one attached hydrogen (secondary N) is 1. The van der Waals surface area contributed by atoms with Crippen molar-refractivity contribution in [3.63, 3.8) is 0 Å². The predicted molar refractivity (Wildman–Crippen MR) is 60.5 cm³/mol. The summed E-state index contributed by atoms with van der Waals surface area (Å²) >= 11 is 0. The molecule has 2 rings (SSSR count). The number of hydrogen-bond donors (Lipinski definition) is 1. The van der Waals surface area contributed by atoms with Crippen molar-refractivity contribution < 1.29 is 4.79 Å². The van der Waals surface area contributed by atoms with Gasteiger partial charge in [-0.25, -0.2) is 0 Å². The van der Waals surface area contributed by atoms with E-state index in [9.17, 15) is 4.79 Å². The van der Waals surface area contributed by atoms with Crippen LogP contribution in [0.2, 0.25) is 0 Å². The molecule has 2 aromatic rings. The highest BCUT2D eigenvalue weighted by Gasteiger charge is 2.01. The Kier molecular flexibility index (Phi) is 3.33. The Labute approximate surface area is 93.9 Å². The molecule has 0 bridgehead atoms. The summed E-state index contributed by atoms with van der Waals surface area (Å²) in [6, 6.07) is 7.57. The lowest BCUT2D eigenvalue weighted by Crippen LogP contribution is -2.26. The van der Waals surface area contributed by atoms with E-state index in [0.29, 0.717) is 13.1 Å². The normalized spacial score (nSPS) is 10.0. The molecule has 1 amide bonds. The monoisotopic (exact) mass is 215 g/mol. The fourth-order valence-electron chi connectivity index (χ4n) is 1.40. The Morgan fingerprint density at radius 3 is 2.62 bits per heavy atom. The molecule has 0 atom stereocenters. The average Bonchev–Trinajstić information content (AvgIpc) is 2.81. The van der Waals surface area contributed by atoms with Crippen LogP contribution in [0.4, 0.5) is 0 Å². The van der Waals surface area contributed by atoms with E-state index >= 15 is 0 Å². The second-order valence-corrected chi connectivity index (χ2v) is 3.49. The minimum absolute atomic E-state index is 0.00742. The van der Waals surface area contributed by atoms with E-state index in [1.807, 2.05) is 41.2 Å². The lowest BCUT2D eigenvalue weighted by Gasteiger charge is -2.05. The quantitative estimate of drug-likeness (QED) is 0.833. The minimum atomic E-state index is 0.00742. The van der Waals surface area contributed by atoms with Crippen molar-refractivity contribution in [1.82, 2.24) is 14.9 Å². The van der Waals surface area contributed by atoms with Crippen molar-refractivity contribution in [2.24, 2.45) is 0 Å². The predicted octanol–water partition coefficient (Wildman–Crippen LogP) is 1.20. The molecule has 0 aliphatic heterocycles. The molecule has 0 saturated carbocycles. The second kappa shape index (κ2) is 5.11. The molecule has 82 valence electrons. The van der Waals surface area contributed by atoms with E-state index in [1.165, 1.54) is 0 Å². The molecular formula is C12H13N3O. The molecule has 4 heteroatoms. The summed E-state index contributed by atoms with van der Waals surface area (Å²) in [7, 11) is 0. The van der Waals surface area contributed by atoms with Gasteiger partial charge in [0.1, 0.15) is 6.54 Å². The molecule has 0 aliphatic rings. The van der Waals surface area contributed by atoms with E-state index in [4.69, 9.17) is 0 Å². The topological polar surface area (TPSA) is 46.9 Å². The van der Waals surface area contributed by atoms with Gasteiger partial charge >= 0.3 is 0 Å². The largest absolute Gasteiger partial charge is 0.350 e. The Balaban J connectivity index is 1.80. The minimum Gasteiger partial charge on any atom is -0.350 e. The molecule has 16 heavy (non-hydrogen) atoms. The van der Waals surface area contributed by atoms with Crippen LogP contribution in [-0.2, 0) is 17.9 Å². The van der Waals surface area contributed by atoms with Gasteiger partial charge in [-0.05, 0) is 29.8 Å². The van der Waals surface area contributed by atoms with Gasteiger partial charge in [0.05, 0.1) is 0 Å². The van der Waals surface area contributed by atoms with Gasteiger partial charge < -0.3 is 9.88 Å². The maximum absolute atomic E-state index is 11.5. The summed E-state index contributed by atoms with van der Waals surface area (Å²) in [6.07, 6.45) is 7.17. The van der Waals surface area contributed by atoms with Crippen molar-refractivity contribution in [2.75, 3.05) is 0 Å². The number of amides is 1. The Bertz CT molecular complexity index is 437. The fourth-order valence-corrected chi connectivity index (χ4v) is 1.40. The molecule has 0 aliphatic carbocycles. The highest BCUT2D eigenvalue weighted by Crippen LogP contribution is 1.95. The van der Waals surface area contributed by atoms with Gasteiger partial charge in [0.2, 0.25) is 5.91 Å². The zero-order valence-electron chi connectivity index (χ0n) is 8.84. The number of carbonyl (C=O) groups excluding carboxylic acids is 1. The summed E-state index contributed by atoms with van der Waals surface area (Å²) in [5, 5.41) is 2.85. The van der Waals surface area contributed by atoms with Crippen molar-refractivity contribution in [1.29, 1.82) is 0 Å². The molecule has 0 unspecified atom stereocenters. The zero-order valence-corrected chi connectivity index (χ0v) is 8.84. The molecule has 0 fully saturated rings. The van der Waals surface area contributed by atoms with Gasteiger partial charge in [-0.3, -0.25) is 9.78 Å². The lowest BCUT2D eigenvalue weighted by molar-refractivity contribution is -0.121. The highest BCUT2D eigenvalue weighted by molar-refractivity contribution is 5.75. The third-order valence-corrected chi connectivity index (χ3v) is 2.23. The van der Waals surface area contributed by atoms with E-state index in [1.54, 1.807) is 12.4 Å². The third-order valence-electron chi connectivity index (χ3n) is 2.23. The SMILES string of the molecule is O=C(Cn1cccc1)NCc1ccncc1. The molecule has 4 nitrogen and oxygen atoms in total. The first-order valence-electron chi connectivity index (χ1n) is 5.11. The van der Waals surface area contributed by atoms with Gasteiger partial charge in [0.25, 0.3) is 0 Å². The molecule has 0 radical (unpaired) electrons. The second-order valence-electron chi connectivity index (χ2n) is 3.49. The maximum atomic E-state index is 11.5. The van der Waals surface area contributed by atoms with E-state index < -0.39 is 0 Å². The molecular weight excluding hydrogens is 202 g/mol. The van der Waals surface area contributed by atoms with Crippen LogP contribution in [0.15, 0.2) is 49.1 Å². The van der Waals surface area contributed by atoms with Crippen LogP contribution in [0.3, 0.4) is 0 Å². The van der Waals surface area contributed by atoms with Gasteiger partial charge in [-0.2, -0.15) is 0 Å². The summed E-state index contributed by atoms with van der Waals surface area (Å²) in [5.74, 6) is 0.00742. The lowest BCUT2D eigenvalue weighted by atomic mass is 10.3. The number of pyridine rings is 1. The van der Waals surface area contributed by atoms with Crippen LogP contribution in [0.1, 0.15) is 5.56 Å².